The molecule has 0 bridgehead atoms. The van der Waals surface area contributed by atoms with Gasteiger partial charge in [0.15, 0.2) is 0 Å². The van der Waals surface area contributed by atoms with E-state index in [0.717, 1.165) is 0 Å². The highest BCUT2D eigenvalue weighted by atomic mass is 35.5. The molecular formula is C16H21ClN2O4. The monoisotopic (exact) mass is 340 g/mol. The molecular weight excluding hydrogens is 320 g/mol. The van der Waals surface area contributed by atoms with Gasteiger partial charge in [-0.15, -0.1) is 0 Å². The van der Waals surface area contributed by atoms with Crippen molar-refractivity contribution in [2.45, 2.75) is 6.92 Å². The van der Waals surface area contributed by atoms with Gasteiger partial charge in [0.25, 0.3) is 5.91 Å². The molecule has 1 aliphatic heterocycles. The first-order valence-corrected chi connectivity index (χ1v) is 7.81. The van der Waals surface area contributed by atoms with Crippen molar-refractivity contribution in [3.8, 4) is 5.75 Å². The molecule has 1 fully saturated rings. The Kier molecular flexibility index (Phi) is 5.85. The Balaban J connectivity index is 2.18. The Labute approximate surface area is 140 Å². The normalized spacial score (nSPS) is 20.6. The molecule has 1 aliphatic rings. The number of ether oxygens (including phenoxy) is 2. The van der Waals surface area contributed by atoms with E-state index in [9.17, 15) is 9.59 Å². The Hall–Kier alpha value is -1.79. The standard InChI is InChI=1S/C16H21ClN2O4/c1-10-8-19(9-13(10)15(18)20)16(21)12-7-11(17)3-4-14(12)23-6-5-22-2/h3-4,7,10,13H,5-6,8-9H2,1-2H3,(H2,18,20)/t10-,13-/m1/s1. The number of likely N-dealkylation sites (tertiary alicyclic amines) is 1. The maximum Gasteiger partial charge on any atom is 0.257 e. The van der Waals surface area contributed by atoms with Gasteiger partial charge in [0.05, 0.1) is 18.1 Å². The number of primary amides is 1. The lowest BCUT2D eigenvalue weighted by Gasteiger charge is -2.18. The van der Waals surface area contributed by atoms with Crippen molar-refractivity contribution in [3.05, 3.63) is 28.8 Å². The minimum Gasteiger partial charge on any atom is -0.490 e. The van der Waals surface area contributed by atoms with E-state index in [1.54, 1.807) is 30.2 Å². The smallest absolute Gasteiger partial charge is 0.257 e. The zero-order valence-electron chi connectivity index (χ0n) is 13.3. The molecule has 1 heterocycles. The molecule has 23 heavy (non-hydrogen) atoms. The Morgan fingerprint density at radius 3 is 2.70 bits per heavy atom. The molecule has 126 valence electrons. The van der Waals surface area contributed by atoms with E-state index in [-0.39, 0.29) is 23.7 Å². The van der Waals surface area contributed by atoms with Crippen LogP contribution in [-0.2, 0) is 9.53 Å². The fraction of sp³-hybridized carbons (Fsp3) is 0.500. The van der Waals surface area contributed by atoms with Crippen LogP contribution in [-0.4, -0.2) is 50.1 Å². The number of carbonyl (C=O) groups is 2. The summed E-state index contributed by atoms with van der Waals surface area (Å²) in [5.74, 6) is -0.429. The highest BCUT2D eigenvalue weighted by molar-refractivity contribution is 6.31. The summed E-state index contributed by atoms with van der Waals surface area (Å²) in [4.78, 5) is 25.8. The first-order valence-electron chi connectivity index (χ1n) is 7.44. The van der Waals surface area contributed by atoms with Crippen molar-refractivity contribution in [2.75, 3.05) is 33.4 Å². The number of hydrogen-bond donors (Lipinski definition) is 1. The fourth-order valence-electron chi connectivity index (χ4n) is 2.70. The van der Waals surface area contributed by atoms with Gasteiger partial charge in [-0.25, -0.2) is 0 Å². The quantitative estimate of drug-likeness (QED) is 0.797. The third-order valence-corrected chi connectivity index (χ3v) is 4.22. The third-order valence-electron chi connectivity index (χ3n) is 3.98. The van der Waals surface area contributed by atoms with Gasteiger partial charge < -0.3 is 20.1 Å². The van der Waals surface area contributed by atoms with Crippen molar-refractivity contribution >= 4 is 23.4 Å². The number of nitrogens with zero attached hydrogens (tertiary/aromatic N) is 1. The summed E-state index contributed by atoms with van der Waals surface area (Å²) in [5, 5.41) is 0.450. The molecule has 1 aromatic rings. The largest absolute Gasteiger partial charge is 0.490 e. The van der Waals surface area contributed by atoms with E-state index in [0.29, 0.717) is 42.6 Å². The van der Waals surface area contributed by atoms with Gasteiger partial charge in [0, 0.05) is 25.2 Å². The molecule has 0 saturated carbocycles. The second-order valence-corrected chi connectivity index (χ2v) is 6.11. The number of benzene rings is 1. The maximum atomic E-state index is 12.8. The molecule has 0 aromatic heterocycles. The molecule has 6 nitrogen and oxygen atoms in total. The van der Waals surface area contributed by atoms with Crippen LogP contribution in [0.15, 0.2) is 18.2 Å². The van der Waals surface area contributed by atoms with E-state index in [4.69, 9.17) is 26.8 Å². The molecule has 7 heteroatoms. The number of hydrogen-bond acceptors (Lipinski definition) is 4. The molecule has 2 N–H and O–H groups in total. The van der Waals surface area contributed by atoms with Crippen LogP contribution in [0, 0.1) is 11.8 Å². The SMILES string of the molecule is COCCOc1ccc(Cl)cc1C(=O)N1C[C@@H](C)[C@H](C(N)=O)C1. The number of methoxy groups -OCH3 is 1. The highest BCUT2D eigenvalue weighted by Crippen LogP contribution is 2.29. The fourth-order valence-corrected chi connectivity index (χ4v) is 2.88. The van der Waals surface area contributed by atoms with E-state index < -0.39 is 0 Å². The third kappa shape index (κ3) is 4.14. The highest BCUT2D eigenvalue weighted by Gasteiger charge is 2.36. The van der Waals surface area contributed by atoms with E-state index in [1.807, 2.05) is 6.92 Å². The summed E-state index contributed by atoms with van der Waals surface area (Å²) in [5.41, 5.74) is 5.77. The van der Waals surface area contributed by atoms with Crippen LogP contribution in [0.2, 0.25) is 5.02 Å². The molecule has 0 spiro atoms. The average molecular weight is 341 g/mol. The lowest BCUT2D eigenvalue weighted by Crippen LogP contribution is -2.32. The van der Waals surface area contributed by atoms with Gasteiger partial charge in [0.2, 0.25) is 5.91 Å². The molecule has 2 rings (SSSR count). The number of carbonyl (C=O) groups excluding carboxylic acids is 2. The van der Waals surface area contributed by atoms with Crippen LogP contribution in [0.5, 0.6) is 5.75 Å². The van der Waals surface area contributed by atoms with Crippen molar-refractivity contribution in [3.63, 3.8) is 0 Å². The van der Waals surface area contributed by atoms with E-state index >= 15 is 0 Å². The van der Waals surface area contributed by atoms with Crippen LogP contribution in [0.1, 0.15) is 17.3 Å². The predicted molar refractivity (Wildman–Crippen MR) is 86.6 cm³/mol. The van der Waals surface area contributed by atoms with Gasteiger partial charge in [-0.05, 0) is 24.1 Å². The second kappa shape index (κ2) is 7.66. The number of halogens is 1. The van der Waals surface area contributed by atoms with Crippen LogP contribution in [0.25, 0.3) is 0 Å². The number of nitrogens with two attached hydrogens (primary N) is 1. The summed E-state index contributed by atoms with van der Waals surface area (Å²) in [6, 6.07) is 4.91. The summed E-state index contributed by atoms with van der Waals surface area (Å²) < 4.78 is 10.5. The number of amides is 2. The van der Waals surface area contributed by atoms with Crippen molar-refractivity contribution in [1.82, 2.24) is 4.90 Å². The van der Waals surface area contributed by atoms with Gasteiger partial charge in [-0.1, -0.05) is 18.5 Å². The maximum absolute atomic E-state index is 12.8. The predicted octanol–water partition coefficient (Wildman–Crippen LogP) is 1.56. The Bertz CT molecular complexity index is 593. The first kappa shape index (κ1) is 17.6. The second-order valence-electron chi connectivity index (χ2n) is 5.68. The van der Waals surface area contributed by atoms with Crippen molar-refractivity contribution in [1.29, 1.82) is 0 Å². The van der Waals surface area contributed by atoms with Crippen LogP contribution >= 0.6 is 11.6 Å². The van der Waals surface area contributed by atoms with E-state index in [1.165, 1.54) is 0 Å². The molecule has 0 aliphatic carbocycles. The van der Waals surface area contributed by atoms with Gasteiger partial charge in [-0.2, -0.15) is 0 Å². The van der Waals surface area contributed by atoms with Gasteiger partial charge >= 0.3 is 0 Å². The van der Waals surface area contributed by atoms with E-state index in [2.05, 4.69) is 0 Å². The summed E-state index contributed by atoms with van der Waals surface area (Å²) >= 11 is 6.01. The van der Waals surface area contributed by atoms with Gasteiger partial charge in [-0.3, -0.25) is 9.59 Å². The molecule has 1 saturated heterocycles. The molecule has 0 unspecified atom stereocenters. The average Bonchev–Trinajstić information content (AvgIpc) is 2.90. The van der Waals surface area contributed by atoms with Crippen LogP contribution < -0.4 is 10.5 Å². The lowest BCUT2D eigenvalue weighted by molar-refractivity contribution is -0.122. The summed E-state index contributed by atoms with van der Waals surface area (Å²) in [7, 11) is 1.58. The van der Waals surface area contributed by atoms with Crippen LogP contribution in [0.4, 0.5) is 0 Å². The Morgan fingerprint density at radius 2 is 2.09 bits per heavy atom. The van der Waals surface area contributed by atoms with Gasteiger partial charge in [0.1, 0.15) is 12.4 Å². The topological polar surface area (TPSA) is 81.9 Å². The molecule has 0 radical (unpaired) electrons. The number of rotatable bonds is 6. The molecule has 2 amide bonds. The molecule has 2 atom stereocenters. The zero-order chi connectivity index (χ0) is 17.0. The summed E-state index contributed by atoms with van der Waals surface area (Å²) in [6.07, 6.45) is 0. The zero-order valence-corrected chi connectivity index (χ0v) is 14.0. The first-order chi connectivity index (χ1) is 10.9. The van der Waals surface area contributed by atoms with Crippen molar-refractivity contribution < 1.29 is 19.1 Å². The van der Waals surface area contributed by atoms with Crippen LogP contribution in [0.3, 0.4) is 0 Å². The minimum absolute atomic E-state index is 0.0356. The van der Waals surface area contributed by atoms with Crippen molar-refractivity contribution in [2.24, 2.45) is 17.6 Å². The Morgan fingerprint density at radius 1 is 1.35 bits per heavy atom. The minimum atomic E-state index is -0.379. The molecule has 1 aromatic carbocycles. The lowest BCUT2D eigenvalue weighted by atomic mass is 9.98. The summed E-state index contributed by atoms with van der Waals surface area (Å²) in [6.45, 7) is 3.46.